The standard InChI is InChI=1S/C17H18ClN3O3/c1-2-23-15-8-12(10-20-21-13-6-4-3-5-7-13)14(18)9-16(15)24-11-17(19)22/h3-10,21H,2,11H2,1H3,(H2,19,22). The molecule has 0 aliphatic rings. The highest BCUT2D eigenvalue weighted by Crippen LogP contribution is 2.33. The summed E-state index contributed by atoms with van der Waals surface area (Å²) in [5.41, 5.74) is 9.50. The van der Waals surface area contributed by atoms with Gasteiger partial charge < -0.3 is 15.2 Å². The van der Waals surface area contributed by atoms with E-state index in [0.717, 1.165) is 5.69 Å². The van der Waals surface area contributed by atoms with Crippen LogP contribution in [0.25, 0.3) is 0 Å². The van der Waals surface area contributed by atoms with Crippen molar-refractivity contribution in [2.45, 2.75) is 6.92 Å². The van der Waals surface area contributed by atoms with Crippen molar-refractivity contribution in [2.75, 3.05) is 18.6 Å². The van der Waals surface area contributed by atoms with Gasteiger partial charge in [0, 0.05) is 11.6 Å². The molecule has 0 saturated heterocycles. The van der Waals surface area contributed by atoms with Gasteiger partial charge in [-0.15, -0.1) is 0 Å². The summed E-state index contributed by atoms with van der Waals surface area (Å²) in [7, 11) is 0. The highest BCUT2D eigenvalue weighted by atomic mass is 35.5. The average Bonchev–Trinajstić information content (AvgIpc) is 2.57. The Balaban J connectivity index is 2.17. The van der Waals surface area contributed by atoms with Crippen molar-refractivity contribution in [3.8, 4) is 11.5 Å². The summed E-state index contributed by atoms with van der Waals surface area (Å²) in [5.74, 6) is 0.240. The molecule has 2 aromatic carbocycles. The van der Waals surface area contributed by atoms with Crippen molar-refractivity contribution < 1.29 is 14.3 Å². The minimum absolute atomic E-state index is 0.251. The number of benzene rings is 2. The first-order chi connectivity index (χ1) is 11.6. The molecule has 126 valence electrons. The first kappa shape index (κ1) is 17.6. The molecule has 24 heavy (non-hydrogen) atoms. The number of amides is 1. The number of nitrogens with zero attached hydrogens (tertiary/aromatic N) is 1. The van der Waals surface area contributed by atoms with Crippen LogP contribution in [-0.4, -0.2) is 25.3 Å². The minimum Gasteiger partial charge on any atom is -0.490 e. The summed E-state index contributed by atoms with van der Waals surface area (Å²) in [6.07, 6.45) is 1.58. The normalized spacial score (nSPS) is 10.6. The highest BCUT2D eigenvalue weighted by Gasteiger charge is 2.11. The first-order valence-electron chi connectivity index (χ1n) is 7.31. The van der Waals surface area contributed by atoms with Crippen molar-refractivity contribution in [1.29, 1.82) is 0 Å². The Morgan fingerprint density at radius 1 is 1.25 bits per heavy atom. The monoisotopic (exact) mass is 347 g/mol. The van der Waals surface area contributed by atoms with Crippen LogP contribution in [0.5, 0.6) is 11.5 Å². The molecule has 0 heterocycles. The van der Waals surface area contributed by atoms with E-state index in [4.69, 9.17) is 26.8 Å². The largest absolute Gasteiger partial charge is 0.490 e. The second kappa shape index (κ2) is 8.79. The molecule has 0 radical (unpaired) electrons. The van der Waals surface area contributed by atoms with E-state index >= 15 is 0 Å². The lowest BCUT2D eigenvalue weighted by atomic mass is 10.2. The van der Waals surface area contributed by atoms with Gasteiger partial charge in [-0.1, -0.05) is 29.8 Å². The smallest absolute Gasteiger partial charge is 0.255 e. The fourth-order valence-corrected chi connectivity index (χ4v) is 2.07. The second-order valence-corrected chi connectivity index (χ2v) is 5.15. The molecular weight excluding hydrogens is 330 g/mol. The second-order valence-electron chi connectivity index (χ2n) is 4.74. The van der Waals surface area contributed by atoms with Gasteiger partial charge in [0.25, 0.3) is 5.91 Å². The number of carbonyl (C=O) groups is 1. The van der Waals surface area contributed by atoms with Crippen LogP contribution in [0.1, 0.15) is 12.5 Å². The van der Waals surface area contributed by atoms with E-state index in [1.807, 2.05) is 37.3 Å². The van der Waals surface area contributed by atoms with Crippen molar-refractivity contribution in [2.24, 2.45) is 10.8 Å². The number of ether oxygens (including phenoxy) is 2. The molecule has 0 aliphatic carbocycles. The van der Waals surface area contributed by atoms with Gasteiger partial charge in [-0.25, -0.2) is 0 Å². The number of hydrogen-bond acceptors (Lipinski definition) is 5. The molecular formula is C17H18ClN3O3. The molecule has 0 saturated carbocycles. The lowest BCUT2D eigenvalue weighted by Crippen LogP contribution is -2.20. The first-order valence-corrected chi connectivity index (χ1v) is 7.69. The summed E-state index contributed by atoms with van der Waals surface area (Å²) in [4.78, 5) is 10.9. The molecule has 0 atom stereocenters. The lowest BCUT2D eigenvalue weighted by Gasteiger charge is -2.12. The number of carbonyl (C=O) groups excluding carboxylic acids is 1. The van der Waals surface area contributed by atoms with Crippen LogP contribution in [0.3, 0.4) is 0 Å². The SMILES string of the molecule is CCOc1cc(C=NNc2ccccc2)c(Cl)cc1OCC(N)=O. The quantitative estimate of drug-likeness (QED) is 0.567. The Kier molecular flexibility index (Phi) is 6.45. The van der Waals surface area contributed by atoms with Gasteiger partial charge >= 0.3 is 0 Å². The fourth-order valence-electron chi connectivity index (χ4n) is 1.87. The summed E-state index contributed by atoms with van der Waals surface area (Å²) >= 11 is 6.23. The summed E-state index contributed by atoms with van der Waals surface area (Å²) in [6, 6.07) is 12.8. The van der Waals surface area contributed by atoms with Gasteiger partial charge in [-0.3, -0.25) is 10.2 Å². The summed E-state index contributed by atoms with van der Waals surface area (Å²) in [6.45, 7) is 2.03. The molecule has 1 amide bonds. The maximum absolute atomic E-state index is 10.9. The summed E-state index contributed by atoms with van der Waals surface area (Å²) in [5, 5.41) is 4.56. The molecule has 6 nitrogen and oxygen atoms in total. The van der Waals surface area contributed by atoms with E-state index < -0.39 is 5.91 Å². The van der Waals surface area contributed by atoms with Gasteiger partial charge in [0.2, 0.25) is 0 Å². The van der Waals surface area contributed by atoms with Crippen LogP contribution in [0.2, 0.25) is 5.02 Å². The van der Waals surface area contributed by atoms with Crippen molar-refractivity contribution in [3.05, 3.63) is 53.1 Å². The van der Waals surface area contributed by atoms with E-state index in [1.165, 1.54) is 0 Å². The van der Waals surface area contributed by atoms with Crippen molar-refractivity contribution >= 4 is 29.4 Å². The van der Waals surface area contributed by atoms with E-state index in [1.54, 1.807) is 18.3 Å². The molecule has 3 N–H and O–H groups in total. The zero-order chi connectivity index (χ0) is 17.4. The van der Waals surface area contributed by atoms with Crippen LogP contribution >= 0.6 is 11.6 Å². The zero-order valence-corrected chi connectivity index (χ0v) is 13.9. The van der Waals surface area contributed by atoms with Gasteiger partial charge in [-0.05, 0) is 25.1 Å². The number of hydrogen-bond donors (Lipinski definition) is 2. The molecule has 2 aromatic rings. The number of para-hydroxylation sites is 1. The number of nitrogens with one attached hydrogen (secondary N) is 1. The molecule has 0 spiro atoms. The van der Waals surface area contributed by atoms with Gasteiger partial charge in [-0.2, -0.15) is 5.10 Å². The van der Waals surface area contributed by atoms with E-state index in [-0.39, 0.29) is 6.61 Å². The average molecular weight is 348 g/mol. The van der Waals surface area contributed by atoms with Gasteiger partial charge in [0.05, 0.1) is 23.5 Å². The predicted octanol–water partition coefficient (Wildman–Crippen LogP) is 3.05. The number of primary amides is 1. The summed E-state index contributed by atoms with van der Waals surface area (Å²) < 4.78 is 10.8. The molecule has 0 unspecified atom stereocenters. The molecule has 0 fully saturated rings. The fraction of sp³-hybridized carbons (Fsp3) is 0.176. The Labute approximate surface area is 145 Å². The van der Waals surface area contributed by atoms with Crippen LogP contribution in [0.4, 0.5) is 5.69 Å². The van der Waals surface area contributed by atoms with Crippen molar-refractivity contribution in [3.63, 3.8) is 0 Å². The van der Waals surface area contributed by atoms with Gasteiger partial charge in [0.1, 0.15) is 0 Å². The maximum Gasteiger partial charge on any atom is 0.255 e. The van der Waals surface area contributed by atoms with Crippen LogP contribution in [0.15, 0.2) is 47.6 Å². The van der Waals surface area contributed by atoms with E-state index in [9.17, 15) is 4.79 Å². The van der Waals surface area contributed by atoms with Crippen LogP contribution < -0.4 is 20.6 Å². The molecule has 2 rings (SSSR count). The number of nitrogens with two attached hydrogens (primary N) is 1. The zero-order valence-electron chi connectivity index (χ0n) is 13.2. The number of anilines is 1. The molecule has 0 bridgehead atoms. The van der Waals surface area contributed by atoms with Crippen LogP contribution in [0, 0.1) is 0 Å². The topological polar surface area (TPSA) is 85.9 Å². The van der Waals surface area contributed by atoms with E-state index in [2.05, 4.69) is 10.5 Å². The molecule has 0 aromatic heterocycles. The number of hydrazone groups is 1. The van der Waals surface area contributed by atoms with E-state index in [0.29, 0.717) is 28.7 Å². The third kappa shape index (κ3) is 5.17. The molecule has 0 aliphatic heterocycles. The molecule has 7 heteroatoms. The lowest BCUT2D eigenvalue weighted by molar-refractivity contribution is -0.119. The van der Waals surface area contributed by atoms with Crippen LogP contribution in [-0.2, 0) is 4.79 Å². The Bertz CT molecular complexity index is 721. The number of halogens is 1. The Morgan fingerprint density at radius 3 is 2.62 bits per heavy atom. The Hall–Kier alpha value is -2.73. The highest BCUT2D eigenvalue weighted by molar-refractivity contribution is 6.33. The maximum atomic E-state index is 10.9. The Morgan fingerprint density at radius 2 is 1.96 bits per heavy atom. The minimum atomic E-state index is -0.578. The van der Waals surface area contributed by atoms with Gasteiger partial charge in [0.15, 0.2) is 18.1 Å². The third-order valence-electron chi connectivity index (χ3n) is 2.90. The third-order valence-corrected chi connectivity index (χ3v) is 3.23. The predicted molar refractivity (Wildman–Crippen MR) is 95.0 cm³/mol. The number of rotatable bonds is 8. The van der Waals surface area contributed by atoms with Crippen molar-refractivity contribution in [1.82, 2.24) is 0 Å².